The Morgan fingerprint density at radius 3 is 2.57 bits per heavy atom. The van der Waals surface area contributed by atoms with Crippen LogP contribution in [0.15, 0.2) is 30.5 Å². The molecular formula is C14H11Cl2N5. The van der Waals surface area contributed by atoms with Crippen molar-refractivity contribution in [1.29, 1.82) is 5.41 Å². The van der Waals surface area contributed by atoms with Gasteiger partial charge in [-0.05, 0) is 18.2 Å². The first kappa shape index (κ1) is 13.9. The molecule has 0 atom stereocenters. The predicted octanol–water partition coefficient (Wildman–Crippen LogP) is 3.00. The third-order valence-electron chi connectivity index (χ3n) is 3.25. The molecule has 5 nitrogen and oxygen atoms in total. The van der Waals surface area contributed by atoms with E-state index >= 15 is 0 Å². The zero-order valence-corrected chi connectivity index (χ0v) is 12.6. The van der Waals surface area contributed by atoms with Gasteiger partial charge >= 0.3 is 0 Å². The van der Waals surface area contributed by atoms with Gasteiger partial charge in [-0.2, -0.15) is 4.98 Å². The van der Waals surface area contributed by atoms with Crippen LogP contribution in [0.25, 0.3) is 22.2 Å². The van der Waals surface area contributed by atoms with E-state index in [2.05, 4.69) is 9.97 Å². The van der Waals surface area contributed by atoms with Crippen LogP contribution in [0.3, 0.4) is 0 Å². The van der Waals surface area contributed by atoms with E-state index in [4.69, 9.17) is 34.3 Å². The first-order chi connectivity index (χ1) is 9.99. The molecule has 0 aliphatic rings. The van der Waals surface area contributed by atoms with Crippen molar-refractivity contribution in [1.82, 2.24) is 14.5 Å². The van der Waals surface area contributed by atoms with E-state index in [-0.39, 0.29) is 11.4 Å². The number of pyridine rings is 1. The largest absolute Gasteiger partial charge is 0.368 e. The molecule has 0 aliphatic heterocycles. The SMILES string of the molecule is Cn1c(=N)c(-c2c(Cl)cccc2Cl)cc2cnc(N)nc21. The highest BCUT2D eigenvalue weighted by atomic mass is 35.5. The second-order valence-electron chi connectivity index (χ2n) is 4.57. The summed E-state index contributed by atoms with van der Waals surface area (Å²) in [5, 5.41) is 10.1. The van der Waals surface area contributed by atoms with E-state index in [0.29, 0.717) is 26.8 Å². The van der Waals surface area contributed by atoms with Gasteiger partial charge in [0.05, 0.1) is 10.0 Å². The van der Waals surface area contributed by atoms with Crippen molar-refractivity contribution in [2.24, 2.45) is 7.05 Å². The van der Waals surface area contributed by atoms with E-state index in [0.717, 1.165) is 5.39 Å². The quantitative estimate of drug-likeness (QED) is 0.723. The summed E-state index contributed by atoms with van der Waals surface area (Å²) in [6.45, 7) is 0. The van der Waals surface area contributed by atoms with Crippen LogP contribution in [-0.2, 0) is 7.05 Å². The zero-order valence-electron chi connectivity index (χ0n) is 11.1. The van der Waals surface area contributed by atoms with E-state index in [1.807, 2.05) is 0 Å². The minimum Gasteiger partial charge on any atom is -0.368 e. The lowest BCUT2D eigenvalue weighted by atomic mass is 10.1. The van der Waals surface area contributed by atoms with Gasteiger partial charge in [0, 0.05) is 29.8 Å². The summed E-state index contributed by atoms with van der Waals surface area (Å²) >= 11 is 12.5. The smallest absolute Gasteiger partial charge is 0.221 e. The Kier molecular flexibility index (Phi) is 3.31. The van der Waals surface area contributed by atoms with Gasteiger partial charge in [0.15, 0.2) is 0 Å². The summed E-state index contributed by atoms with van der Waals surface area (Å²) in [6, 6.07) is 7.05. The van der Waals surface area contributed by atoms with Crippen LogP contribution in [0.2, 0.25) is 10.0 Å². The number of nitrogens with two attached hydrogens (primary N) is 1. The maximum Gasteiger partial charge on any atom is 0.221 e. The average Bonchev–Trinajstić information content (AvgIpc) is 2.44. The van der Waals surface area contributed by atoms with Crippen LogP contribution in [0.4, 0.5) is 5.95 Å². The Labute approximate surface area is 130 Å². The minimum absolute atomic E-state index is 0.168. The molecule has 0 unspecified atom stereocenters. The molecule has 0 radical (unpaired) electrons. The molecular weight excluding hydrogens is 309 g/mol. The lowest BCUT2D eigenvalue weighted by Crippen LogP contribution is -2.20. The van der Waals surface area contributed by atoms with Crippen LogP contribution < -0.4 is 11.2 Å². The number of aromatic nitrogens is 3. The van der Waals surface area contributed by atoms with Crippen LogP contribution in [0.1, 0.15) is 0 Å². The number of anilines is 1. The minimum atomic E-state index is 0.168. The number of nitrogen functional groups attached to an aromatic ring is 1. The molecule has 0 fully saturated rings. The molecule has 0 bridgehead atoms. The number of benzene rings is 1. The highest BCUT2D eigenvalue weighted by Gasteiger charge is 2.13. The third kappa shape index (κ3) is 2.24. The Morgan fingerprint density at radius 1 is 1.24 bits per heavy atom. The molecule has 0 aliphatic carbocycles. The fourth-order valence-corrected chi connectivity index (χ4v) is 2.82. The van der Waals surface area contributed by atoms with Crippen molar-refractivity contribution in [2.75, 3.05) is 5.73 Å². The van der Waals surface area contributed by atoms with Crippen LogP contribution in [-0.4, -0.2) is 14.5 Å². The molecule has 0 amide bonds. The molecule has 3 rings (SSSR count). The standard InChI is InChI=1S/C14H11Cl2N5/c1-21-12(17)8(11-9(15)3-2-4-10(11)16)5-7-6-19-14(18)20-13(7)21/h2-6,17H,1H3,(H2,18,19,20). The van der Waals surface area contributed by atoms with Crippen molar-refractivity contribution in [2.45, 2.75) is 0 Å². The first-order valence-corrected chi connectivity index (χ1v) is 6.86. The number of hydrogen-bond donors (Lipinski definition) is 2. The van der Waals surface area contributed by atoms with E-state index in [9.17, 15) is 0 Å². The number of nitrogens with one attached hydrogen (secondary N) is 1. The van der Waals surface area contributed by atoms with Crippen molar-refractivity contribution in [3.05, 3.63) is 46.0 Å². The number of fused-ring (bicyclic) bond motifs is 1. The predicted molar refractivity (Wildman–Crippen MR) is 84.2 cm³/mol. The monoisotopic (exact) mass is 319 g/mol. The summed E-state index contributed by atoms with van der Waals surface area (Å²) in [6.07, 6.45) is 1.62. The molecule has 2 aromatic heterocycles. The first-order valence-electron chi connectivity index (χ1n) is 6.10. The summed E-state index contributed by atoms with van der Waals surface area (Å²) < 4.78 is 1.63. The Bertz CT molecular complexity index is 897. The zero-order chi connectivity index (χ0) is 15.1. The van der Waals surface area contributed by atoms with Crippen molar-refractivity contribution in [3.8, 4) is 11.1 Å². The summed E-state index contributed by atoms with van der Waals surface area (Å²) in [7, 11) is 1.74. The topological polar surface area (TPSA) is 80.6 Å². The van der Waals surface area contributed by atoms with E-state index < -0.39 is 0 Å². The molecule has 0 saturated carbocycles. The van der Waals surface area contributed by atoms with Gasteiger partial charge in [-0.3, -0.25) is 5.41 Å². The summed E-state index contributed by atoms with van der Waals surface area (Å²) in [4.78, 5) is 8.14. The van der Waals surface area contributed by atoms with Crippen LogP contribution in [0.5, 0.6) is 0 Å². The average molecular weight is 320 g/mol. The Morgan fingerprint density at radius 2 is 1.90 bits per heavy atom. The molecule has 7 heteroatoms. The van der Waals surface area contributed by atoms with Gasteiger partial charge in [-0.25, -0.2) is 4.98 Å². The number of hydrogen-bond acceptors (Lipinski definition) is 4. The summed E-state index contributed by atoms with van der Waals surface area (Å²) in [5.41, 5.74) is 7.67. The molecule has 21 heavy (non-hydrogen) atoms. The molecule has 1 aromatic carbocycles. The molecule has 3 N–H and O–H groups in total. The van der Waals surface area contributed by atoms with Crippen LogP contribution in [0, 0.1) is 5.41 Å². The van der Waals surface area contributed by atoms with Gasteiger partial charge in [-0.1, -0.05) is 29.3 Å². The maximum absolute atomic E-state index is 8.32. The second-order valence-corrected chi connectivity index (χ2v) is 5.38. The fourth-order valence-electron chi connectivity index (χ4n) is 2.22. The van der Waals surface area contributed by atoms with E-state index in [1.54, 1.807) is 42.1 Å². The number of aryl methyl sites for hydroxylation is 1. The number of nitrogens with zero attached hydrogens (tertiary/aromatic N) is 3. The molecule has 0 spiro atoms. The number of halogens is 2. The lowest BCUT2D eigenvalue weighted by Gasteiger charge is -2.12. The third-order valence-corrected chi connectivity index (χ3v) is 3.88. The van der Waals surface area contributed by atoms with Gasteiger partial charge in [0.1, 0.15) is 11.1 Å². The molecule has 106 valence electrons. The summed E-state index contributed by atoms with van der Waals surface area (Å²) in [5.74, 6) is 0.168. The van der Waals surface area contributed by atoms with Gasteiger partial charge in [-0.15, -0.1) is 0 Å². The molecule has 0 saturated heterocycles. The highest BCUT2D eigenvalue weighted by molar-refractivity contribution is 6.39. The van der Waals surface area contributed by atoms with Crippen molar-refractivity contribution < 1.29 is 0 Å². The van der Waals surface area contributed by atoms with Gasteiger partial charge in [0.2, 0.25) is 5.95 Å². The van der Waals surface area contributed by atoms with Crippen molar-refractivity contribution in [3.63, 3.8) is 0 Å². The van der Waals surface area contributed by atoms with Gasteiger partial charge in [0.25, 0.3) is 0 Å². The fraction of sp³-hybridized carbons (Fsp3) is 0.0714. The second kappa shape index (κ2) is 5.02. The normalized spacial score (nSPS) is 11.0. The lowest BCUT2D eigenvalue weighted by molar-refractivity contribution is 0.844. The molecule has 3 aromatic rings. The Hall–Kier alpha value is -2.11. The van der Waals surface area contributed by atoms with Gasteiger partial charge < -0.3 is 10.3 Å². The Balaban J connectivity index is 2.42. The van der Waals surface area contributed by atoms with E-state index in [1.165, 1.54) is 0 Å². The van der Waals surface area contributed by atoms with Crippen LogP contribution >= 0.6 is 23.2 Å². The maximum atomic E-state index is 8.32. The number of rotatable bonds is 1. The molecule has 2 heterocycles. The van der Waals surface area contributed by atoms with Crippen molar-refractivity contribution >= 4 is 40.2 Å². The highest BCUT2D eigenvalue weighted by Crippen LogP contribution is 2.33.